The van der Waals surface area contributed by atoms with Gasteiger partial charge in [-0.2, -0.15) is 0 Å². The van der Waals surface area contributed by atoms with Crippen LogP contribution in [0.2, 0.25) is 0 Å². The molecule has 12 heavy (non-hydrogen) atoms. The van der Waals surface area contributed by atoms with Gasteiger partial charge in [0.15, 0.2) is 0 Å². The first-order valence-electron chi connectivity index (χ1n) is 5.43. The second kappa shape index (κ2) is 2.90. The van der Waals surface area contributed by atoms with Crippen LogP contribution in [0.3, 0.4) is 0 Å². The van der Waals surface area contributed by atoms with Crippen LogP contribution in [0.5, 0.6) is 0 Å². The molecule has 68 valence electrons. The first kappa shape index (κ1) is 8.34. The van der Waals surface area contributed by atoms with Gasteiger partial charge >= 0.3 is 0 Å². The number of hydrogen-bond donors (Lipinski definition) is 0. The Morgan fingerprint density at radius 2 is 2.17 bits per heavy atom. The van der Waals surface area contributed by atoms with E-state index < -0.39 is 0 Å². The van der Waals surface area contributed by atoms with Crippen molar-refractivity contribution in [3.8, 4) is 0 Å². The molecule has 2 atom stereocenters. The summed E-state index contributed by atoms with van der Waals surface area (Å²) in [5.41, 5.74) is 2.37. The molecule has 2 unspecified atom stereocenters. The monoisotopic (exact) mass is 164 g/mol. The summed E-state index contributed by atoms with van der Waals surface area (Å²) in [5, 5.41) is 0. The van der Waals surface area contributed by atoms with Crippen molar-refractivity contribution in [1.82, 2.24) is 0 Å². The third-order valence-electron chi connectivity index (χ3n) is 4.24. The standard InChI is InChI=1S/C12H20/c1-3-10-7-8-11-6-4-5-9-12(10,11)2/h3,11H,4-9H2,1-2H3. The number of fused-ring (bicyclic) bond motifs is 1. The van der Waals surface area contributed by atoms with Crippen LogP contribution in [0.15, 0.2) is 11.6 Å². The van der Waals surface area contributed by atoms with E-state index >= 15 is 0 Å². The van der Waals surface area contributed by atoms with E-state index in [9.17, 15) is 0 Å². The molecule has 2 fully saturated rings. The van der Waals surface area contributed by atoms with Crippen molar-refractivity contribution in [2.45, 2.75) is 52.4 Å². The summed E-state index contributed by atoms with van der Waals surface area (Å²) in [6.45, 7) is 4.72. The molecule has 2 aliphatic carbocycles. The lowest BCUT2D eigenvalue weighted by Gasteiger charge is -2.37. The minimum Gasteiger partial charge on any atom is -0.0879 e. The first-order valence-corrected chi connectivity index (χ1v) is 5.43. The van der Waals surface area contributed by atoms with Crippen molar-refractivity contribution in [1.29, 1.82) is 0 Å². The van der Waals surface area contributed by atoms with Crippen molar-refractivity contribution in [2.24, 2.45) is 11.3 Å². The van der Waals surface area contributed by atoms with Crippen molar-refractivity contribution in [3.05, 3.63) is 11.6 Å². The predicted octanol–water partition coefficient (Wildman–Crippen LogP) is 3.92. The van der Waals surface area contributed by atoms with E-state index in [1.165, 1.54) is 38.5 Å². The topological polar surface area (TPSA) is 0 Å². The highest BCUT2D eigenvalue weighted by Crippen LogP contribution is 2.54. The Bertz CT molecular complexity index is 202. The molecule has 0 bridgehead atoms. The molecule has 2 saturated carbocycles. The fourth-order valence-electron chi connectivity index (χ4n) is 3.38. The number of hydrogen-bond acceptors (Lipinski definition) is 0. The predicted molar refractivity (Wildman–Crippen MR) is 53.1 cm³/mol. The minimum atomic E-state index is 0.618. The van der Waals surface area contributed by atoms with Gasteiger partial charge in [-0.3, -0.25) is 0 Å². The Morgan fingerprint density at radius 3 is 2.92 bits per heavy atom. The molecule has 0 nitrogen and oxygen atoms in total. The van der Waals surface area contributed by atoms with Crippen molar-refractivity contribution in [2.75, 3.05) is 0 Å². The lowest BCUT2D eigenvalue weighted by atomic mass is 9.68. The molecule has 0 amide bonds. The first-order chi connectivity index (χ1) is 5.77. The zero-order valence-electron chi connectivity index (χ0n) is 8.40. The van der Waals surface area contributed by atoms with Crippen LogP contribution in [0.1, 0.15) is 52.4 Å². The molecule has 0 aliphatic heterocycles. The van der Waals surface area contributed by atoms with Gasteiger partial charge in [-0.05, 0) is 43.9 Å². The number of rotatable bonds is 0. The van der Waals surface area contributed by atoms with Crippen LogP contribution >= 0.6 is 0 Å². The normalized spacial score (nSPS) is 44.8. The van der Waals surface area contributed by atoms with Gasteiger partial charge < -0.3 is 0 Å². The summed E-state index contributed by atoms with van der Waals surface area (Å²) in [5.74, 6) is 1.03. The van der Waals surface area contributed by atoms with E-state index in [4.69, 9.17) is 0 Å². The van der Waals surface area contributed by atoms with E-state index in [2.05, 4.69) is 19.9 Å². The fourth-order valence-corrected chi connectivity index (χ4v) is 3.38. The smallest absolute Gasteiger partial charge is 0.00881 e. The molecular formula is C12H20. The molecule has 0 heteroatoms. The maximum atomic E-state index is 2.50. The van der Waals surface area contributed by atoms with E-state index in [0.29, 0.717) is 5.41 Å². The maximum absolute atomic E-state index is 2.50. The van der Waals surface area contributed by atoms with Crippen LogP contribution < -0.4 is 0 Å². The molecule has 0 spiro atoms. The maximum Gasteiger partial charge on any atom is -0.00881 e. The zero-order valence-corrected chi connectivity index (χ0v) is 8.40. The second-order valence-corrected chi connectivity index (χ2v) is 4.71. The Morgan fingerprint density at radius 1 is 1.33 bits per heavy atom. The van der Waals surface area contributed by atoms with Crippen molar-refractivity contribution in [3.63, 3.8) is 0 Å². The Hall–Kier alpha value is -0.260. The molecule has 0 heterocycles. The van der Waals surface area contributed by atoms with Gasteiger partial charge in [0.1, 0.15) is 0 Å². The van der Waals surface area contributed by atoms with Gasteiger partial charge in [-0.25, -0.2) is 0 Å². The van der Waals surface area contributed by atoms with E-state index in [1.54, 1.807) is 5.57 Å². The average molecular weight is 164 g/mol. The lowest BCUT2D eigenvalue weighted by molar-refractivity contribution is 0.188. The van der Waals surface area contributed by atoms with Gasteiger partial charge in [-0.15, -0.1) is 0 Å². The van der Waals surface area contributed by atoms with Crippen LogP contribution in [-0.4, -0.2) is 0 Å². The van der Waals surface area contributed by atoms with Crippen LogP contribution in [-0.2, 0) is 0 Å². The summed E-state index contributed by atoms with van der Waals surface area (Å²) in [4.78, 5) is 0. The molecule has 0 radical (unpaired) electrons. The fraction of sp³-hybridized carbons (Fsp3) is 0.833. The second-order valence-electron chi connectivity index (χ2n) is 4.71. The lowest BCUT2D eigenvalue weighted by Crippen LogP contribution is -2.26. The molecule has 0 aromatic carbocycles. The minimum absolute atomic E-state index is 0.618. The van der Waals surface area contributed by atoms with Crippen LogP contribution in [0.25, 0.3) is 0 Å². The summed E-state index contributed by atoms with van der Waals surface area (Å²) < 4.78 is 0. The highest BCUT2D eigenvalue weighted by Gasteiger charge is 2.42. The quantitative estimate of drug-likeness (QED) is 0.476. The van der Waals surface area contributed by atoms with Gasteiger partial charge in [0.05, 0.1) is 0 Å². The summed E-state index contributed by atoms with van der Waals surface area (Å²) in [7, 11) is 0. The molecule has 0 N–H and O–H groups in total. The van der Waals surface area contributed by atoms with Crippen molar-refractivity contribution < 1.29 is 0 Å². The molecule has 0 aromatic rings. The molecule has 2 aliphatic rings. The Kier molecular flexibility index (Phi) is 2.02. The van der Waals surface area contributed by atoms with E-state index in [-0.39, 0.29) is 0 Å². The SMILES string of the molecule is CC=C1CCC2CCCCC12C. The molecular weight excluding hydrogens is 144 g/mol. The van der Waals surface area contributed by atoms with E-state index in [0.717, 1.165) is 5.92 Å². The summed E-state index contributed by atoms with van der Waals surface area (Å²) in [6.07, 6.45) is 11.1. The summed E-state index contributed by atoms with van der Waals surface area (Å²) >= 11 is 0. The summed E-state index contributed by atoms with van der Waals surface area (Å²) in [6, 6.07) is 0. The van der Waals surface area contributed by atoms with Gasteiger partial charge in [0, 0.05) is 0 Å². The molecule has 2 rings (SSSR count). The van der Waals surface area contributed by atoms with E-state index in [1.807, 2.05) is 0 Å². The molecule has 0 saturated heterocycles. The number of allylic oxidation sites excluding steroid dienone is 2. The van der Waals surface area contributed by atoms with Crippen LogP contribution in [0.4, 0.5) is 0 Å². The zero-order chi connectivity index (χ0) is 8.60. The molecule has 0 aromatic heterocycles. The van der Waals surface area contributed by atoms with Crippen LogP contribution in [0, 0.1) is 11.3 Å². The van der Waals surface area contributed by atoms with Gasteiger partial charge in [0.25, 0.3) is 0 Å². The van der Waals surface area contributed by atoms with Gasteiger partial charge in [0.2, 0.25) is 0 Å². The highest BCUT2D eigenvalue weighted by atomic mass is 14.5. The Labute approximate surface area is 76.1 Å². The largest absolute Gasteiger partial charge is 0.0879 e. The highest BCUT2D eigenvalue weighted by molar-refractivity contribution is 5.20. The van der Waals surface area contributed by atoms with Crippen molar-refractivity contribution >= 4 is 0 Å². The third-order valence-corrected chi connectivity index (χ3v) is 4.24. The van der Waals surface area contributed by atoms with Gasteiger partial charge in [-0.1, -0.05) is 31.4 Å². The average Bonchev–Trinajstić information content (AvgIpc) is 2.41. The third kappa shape index (κ3) is 1.04. The Balaban J connectivity index is 2.25.